The molecule has 0 radical (unpaired) electrons. The van der Waals surface area contributed by atoms with Gasteiger partial charge in [0.2, 0.25) is 0 Å². The van der Waals surface area contributed by atoms with Crippen LogP contribution < -0.4 is 5.32 Å². The fourth-order valence-electron chi connectivity index (χ4n) is 2.78. The first-order chi connectivity index (χ1) is 10.2. The molecule has 114 valence electrons. The molecule has 3 rings (SSSR count). The van der Waals surface area contributed by atoms with Gasteiger partial charge < -0.3 is 15.2 Å². The van der Waals surface area contributed by atoms with Gasteiger partial charge in [0.1, 0.15) is 0 Å². The molecule has 2 N–H and O–H groups in total. The SMILES string of the molecule is CC(NCC1(CO)CCOCC1)c1cnc2ccsc2c1. The van der Waals surface area contributed by atoms with Crippen molar-refractivity contribution in [3.8, 4) is 0 Å². The highest BCUT2D eigenvalue weighted by atomic mass is 32.1. The molecular weight excluding hydrogens is 284 g/mol. The van der Waals surface area contributed by atoms with Crippen LogP contribution in [0.3, 0.4) is 0 Å². The molecule has 0 aliphatic carbocycles. The highest BCUT2D eigenvalue weighted by molar-refractivity contribution is 7.17. The number of nitrogens with zero attached hydrogens (tertiary/aromatic N) is 1. The predicted molar refractivity (Wildman–Crippen MR) is 85.6 cm³/mol. The lowest BCUT2D eigenvalue weighted by Crippen LogP contribution is -2.42. The molecule has 1 saturated heterocycles. The van der Waals surface area contributed by atoms with Crippen molar-refractivity contribution in [3.05, 3.63) is 29.3 Å². The Bertz CT molecular complexity index is 593. The molecule has 1 atom stereocenters. The van der Waals surface area contributed by atoms with Crippen molar-refractivity contribution in [3.63, 3.8) is 0 Å². The second kappa shape index (κ2) is 6.40. The Kier molecular flexibility index (Phi) is 4.54. The average molecular weight is 306 g/mol. The number of fused-ring (bicyclic) bond motifs is 1. The van der Waals surface area contributed by atoms with E-state index < -0.39 is 0 Å². The number of hydrogen-bond acceptors (Lipinski definition) is 5. The highest BCUT2D eigenvalue weighted by Gasteiger charge is 2.32. The average Bonchev–Trinajstić information content (AvgIpc) is 3.01. The fraction of sp³-hybridized carbons (Fsp3) is 0.562. The quantitative estimate of drug-likeness (QED) is 0.892. The maximum atomic E-state index is 9.73. The molecule has 0 spiro atoms. The molecule has 0 aromatic carbocycles. The Morgan fingerprint density at radius 3 is 3.05 bits per heavy atom. The first-order valence-electron chi connectivity index (χ1n) is 7.48. The molecule has 4 nitrogen and oxygen atoms in total. The van der Waals surface area contributed by atoms with E-state index in [9.17, 15) is 5.11 Å². The summed E-state index contributed by atoms with van der Waals surface area (Å²) in [4.78, 5) is 4.50. The summed E-state index contributed by atoms with van der Waals surface area (Å²) in [7, 11) is 0. The van der Waals surface area contributed by atoms with Gasteiger partial charge >= 0.3 is 0 Å². The monoisotopic (exact) mass is 306 g/mol. The summed E-state index contributed by atoms with van der Waals surface area (Å²) in [5, 5.41) is 15.4. The van der Waals surface area contributed by atoms with E-state index in [4.69, 9.17) is 4.74 Å². The molecule has 0 amide bonds. The lowest BCUT2D eigenvalue weighted by Gasteiger charge is -2.36. The van der Waals surface area contributed by atoms with Crippen molar-refractivity contribution in [2.24, 2.45) is 5.41 Å². The number of thiophene rings is 1. The first kappa shape index (κ1) is 14.9. The van der Waals surface area contributed by atoms with Gasteiger partial charge in [0.15, 0.2) is 0 Å². The number of aromatic nitrogens is 1. The lowest BCUT2D eigenvalue weighted by molar-refractivity contribution is -0.0163. The van der Waals surface area contributed by atoms with Crippen LogP contribution in [0, 0.1) is 5.41 Å². The van der Waals surface area contributed by atoms with Crippen LogP contribution in [0.4, 0.5) is 0 Å². The van der Waals surface area contributed by atoms with Crippen molar-refractivity contribution >= 4 is 21.6 Å². The smallest absolute Gasteiger partial charge is 0.0809 e. The van der Waals surface area contributed by atoms with Crippen LogP contribution in [-0.4, -0.2) is 36.5 Å². The lowest BCUT2D eigenvalue weighted by atomic mass is 9.81. The number of nitrogens with one attached hydrogen (secondary N) is 1. The Hall–Kier alpha value is -1.01. The van der Waals surface area contributed by atoms with Gasteiger partial charge in [-0.3, -0.25) is 4.98 Å². The highest BCUT2D eigenvalue weighted by Crippen LogP contribution is 2.30. The summed E-state index contributed by atoms with van der Waals surface area (Å²) in [6.45, 7) is 4.69. The topological polar surface area (TPSA) is 54.4 Å². The van der Waals surface area contributed by atoms with Crippen LogP contribution >= 0.6 is 11.3 Å². The van der Waals surface area contributed by atoms with Crippen molar-refractivity contribution in [1.82, 2.24) is 10.3 Å². The van der Waals surface area contributed by atoms with E-state index in [2.05, 4.69) is 28.7 Å². The van der Waals surface area contributed by atoms with Crippen molar-refractivity contribution in [2.45, 2.75) is 25.8 Å². The Labute approximate surface area is 129 Å². The Morgan fingerprint density at radius 2 is 2.29 bits per heavy atom. The number of aliphatic hydroxyl groups excluding tert-OH is 1. The molecule has 1 fully saturated rings. The van der Waals surface area contributed by atoms with E-state index in [-0.39, 0.29) is 18.1 Å². The Balaban J connectivity index is 1.66. The van der Waals surface area contributed by atoms with Gasteiger partial charge in [-0.1, -0.05) is 0 Å². The second-order valence-electron chi connectivity index (χ2n) is 5.95. The van der Waals surface area contributed by atoms with Gasteiger partial charge in [0.05, 0.1) is 16.8 Å². The van der Waals surface area contributed by atoms with E-state index >= 15 is 0 Å². The fourth-order valence-corrected chi connectivity index (χ4v) is 3.57. The number of aliphatic hydroxyl groups is 1. The zero-order valence-electron chi connectivity index (χ0n) is 12.3. The summed E-state index contributed by atoms with van der Waals surface area (Å²) in [5.41, 5.74) is 2.23. The van der Waals surface area contributed by atoms with E-state index in [0.717, 1.165) is 38.1 Å². The van der Waals surface area contributed by atoms with Gasteiger partial charge in [0, 0.05) is 37.4 Å². The molecule has 21 heavy (non-hydrogen) atoms. The predicted octanol–water partition coefficient (Wildman–Crippen LogP) is 2.74. The molecule has 0 bridgehead atoms. The number of ether oxygens (including phenoxy) is 1. The number of hydrogen-bond donors (Lipinski definition) is 2. The molecule has 5 heteroatoms. The minimum atomic E-state index is -0.0348. The molecule has 2 aromatic heterocycles. The van der Waals surface area contributed by atoms with Crippen LogP contribution in [0.2, 0.25) is 0 Å². The molecule has 0 saturated carbocycles. The maximum absolute atomic E-state index is 9.73. The van der Waals surface area contributed by atoms with Crippen LogP contribution in [0.5, 0.6) is 0 Å². The van der Waals surface area contributed by atoms with Crippen LogP contribution in [0.15, 0.2) is 23.7 Å². The summed E-state index contributed by atoms with van der Waals surface area (Å²) in [6, 6.07) is 4.49. The van der Waals surface area contributed by atoms with E-state index in [1.807, 2.05) is 12.3 Å². The van der Waals surface area contributed by atoms with Crippen LogP contribution in [0.25, 0.3) is 10.2 Å². The molecule has 1 unspecified atom stereocenters. The second-order valence-corrected chi connectivity index (χ2v) is 6.89. The van der Waals surface area contributed by atoms with Crippen molar-refractivity contribution in [1.29, 1.82) is 0 Å². The van der Waals surface area contributed by atoms with E-state index in [0.29, 0.717) is 0 Å². The standard InChI is InChI=1S/C16H22N2O2S/c1-12(13-8-15-14(17-9-13)2-7-21-15)18-10-16(11-19)3-5-20-6-4-16/h2,7-9,12,18-19H,3-6,10-11H2,1H3. The molecule has 2 aromatic rings. The largest absolute Gasteiger partial charge is 0.396 e. The van der Waals surface area contributed by atoms with Crippen LogP contribution in [0.1, 0.15) is 31.4 Å². The molecule has 1 aliphatic heterocycles. The first-order valence-corrected chi connectivity index (χ1v) is 8.36. The number of rotatable bonds is 5. The maximum Gasteiger partial charge on any atom is 0.0809 e. The zero-order valence-corrected chi connectivity index (χ0v) is 13.2. The summed E-state index contributed by atoms with van der Waals surface area (Å²) in [6.07, 6.45) is 3.79. The third-order valence-corrected chi connectivity index (χ3v) is 5.35. The summed E-state index contributed by atoms with van der Waals surface area (Å²) < 4.78 is 6.64. The summed E-state index contributed by atoms with van der Waals surface area (Å²) >= 11 is 1.72. The van der Waals surface area contributed by atoms with Gasteiger partial charge in [-0.05, 0) is 42.8 Å². The van der Waals surface area contributed by atoms with Crippen LogP contribution in [-0.2, 0) is 4.74 Å². The van der Waals surface area contributed by atoms with E-state index in [1.54, 1.807) is 11.3 Å². The van der Waals surface area contributed by atoms with Gasteiger partial charge in [-0.2, -0.15) is 0 Å². The number of pyridine rings is 1. The van der Waals surface area contributed by atoms with Crippen molar-refractivity contribution in [2.75, 3.05) is 26.4 Å². The summed E-state index contributed by atoms with van der Waals surface area (Å²) in [5.74, 6) is 0. The van der Waals surface area contributed by atoms with Gasteiger partial charge in [0.25, 0.3) is 0 Å². The molecule has 3 heterocycles. The van der Waals surface area contributed by atoms with Gasteiger partial charge in [-0.25, -0.2) is 0 Å². The van der Waals surface area contributed by atoms with Crippen molar-refractivity contribution < 1.29 is 9.84 Å². The minimum absolute atomic E-state index is 0.0348. The van der Waals surface area contributed by atoms with Gasteiger partial charge in [-0.15, -0.1) is 11.3 Å². The molecule has 1 aliphatic rings. The normalized spacial score (nSPS) is 19.7. The third-order valence-electron chi connectivity index (χ3n) is 4.50. The Morgan fingerprint density at radius 1 is 1.48 bits per heavy atom. The zero-order chi connectivity index (χ0) is 14.7. The minimum Gasteiger partial charge on any atom is -0.396 e. The van der Waals surface area contributed by atoms with E-state index in [1.165, 1.54) is 10.3 Å². The molecular formula is C16H22N2O2S. The third kappa shape index (κ3) is 3.26.